The lowest BCUT2D eigenvalue weighted by Crippen LogP contribution is -2.51. The Balaban J connectivity index is 2.30. The van der Waals surface area contributed by atoms with Crippen molar-refractivity contribution in [1.29, 1.82) is 0 Å². The van der Waals surface area contributed by atoms with Crippen LogP contribution in [0.1, 0.15) is 26.1 Å². The van der Waals surface area contributed by atoms with Gasteiger partial charge in [0.05, 0.1) is 19.3 Å². The molecule has 0 spiro atoms. The number of rotatable bonds is 5. The third kappa shape index (κ3) is 3.28. The molecule has 0 bridgehead atoms. The van der Waals surface area contributed by atoms with Crippen molar-refractivity contribution in [2.24, 2.45) is 0 Å². The predicted molar refractivity (Wildman–Crippen MR) is 77.4 cm³/mol. The molecule has 1 fully saturated rings. The molecule has 0 saturated carbocycles. The normalized spacial score (nSPS) is 24.4. The molecule has 120 valence electrons. The van der Waals surface area contributed by atoms with Crippen LogP contribution in [0.25, 0.3) is 0 Å². The van der Waals surface area contributed by atoms with E-state index in [2.05, 4.69) is 4.98 Å². The van der Waals surface area contributed by atoms with E-state index in [-0.39, 0.29) is 30.8 Å². The molecule has 1 aromatic heterocycles. The van der Waals surface area contributed by atoms with E-state index in [9.17, 15) is 13.5 Å². The highest BCUT2D eigenvalue weighted by Gasteiger charge is 2.36. The number of aliphatic hydroxyl groups is 1. The molecule has 2 rings (SSSR count). The molecule has 0 radical (unpaired) electrons. The summed E-state index contributed by atoms with van der Waals surface area (Å²) in [5.41, 5.74) is 0. The van der Waals surface area contributed by atoms with Gasteiger partial charge >= 0.3 is 0 Å². The lowest BCUT2D eigenvalue weighted by molar-refractivity contribution is -0.0516. The Morgan fingerprint density at radius 2 is 2.24 bits per heavy atom. The minimum absolute atomic E-state index is 0.0684. The summed E-state index contributed by atoms with van der Waals surface area (Å²) in [6.07, 6.45) is 2.02. The largest absolute Gasteiger partial charge is 0.394 e. The summed E-state index contributed by atoms with van der Waals surface area (Å²) >= 11 is 0. The lowest BCUT2D eigenvalue weighted by atomic mass is 10.2. The number of aryl methyl sites for hydroxylation is 2. The smallest absolute Gasteiger partial charge is 0.262 e. The minimum atomic E-state index is -3.66. The molecule has 1 aromatic rings. The van der Waals surface area contributed by atoms with E-state index < -0.39 is 16.1 Å². The second kappa shape index (κ2) is 6.43. The third-order valence-electron chi connectivity index (χ3n) is 3.64. The molecular weight excluding hydrogens is 294 g/mol. The average Bonchev–Trinajstić information content (AvgIpc) is 2.82. The number of morpholine rings is 1. The van der Waals surface area contributed by atoms with Crippen molar-refractivity contribution in [3.05, 3.63) is 12.0 Å². The number of sulfonamides is 1. The van der Waals surface area contributed by atoms with Crippen LogP contribution in [-0.2, 0) is 21.3 Å². The average molecular weight is 317 g/mol. The van der Waals surface area contributed by atoms with Gasteiger partial charge in [-0.15, -0.1) is 0 Å². The van der Waals surface area contributed by atoms with Crippen molar-refractivity contribution in [2.45, 2.75) is 50.9 Å². The van der Waals surface area contributed by atoms with Gasteiger partial charge in [-0.3, -0.25) is 0 Å². The zero-order chi connectivity index (χ0) is 15.6. The summed E-state index contributed by atoms with van der Waals surface area (Å²) in [6, 6.07) is -0.269. The van der Waals surface area contributed by atoms with Crippen LogP contribution in [0.3, 0.4) is 0 Å². The summed E-state index contributed by atoms with van der Waals surface area (Å²) in [4.78, 5) is 4.19. The molecule has 2 unspecified atom stereocenters. The number of aromatic nitrogens is 2. The number of aliphatic hydroxyl groups excluding tert-OH is 1. The van der Waals surface area contributed by atoms with Gasteiger partial charge in [-0.25, -0.2) is 13.4 Å². The maximum absolute atomic E-state index is 12.7. The van der Waals surface area contributed by atoms with Crippen molar-refractivity contribution in [1.82, 2.24) is 13.9 Å². The van der Waals surface area contributed by atoms with E-state index in [0.717, 1.165) is 13.0 Å². The highest BCUT2D eigenvalue weighted by molar-refractivity contribution is 7.89. The van der Waals surface area contributed by atoms with Crippen molar-refractivity contribution in [3.8, 4) is 0 Å². The fraction of sp³-hybridized carbons (Fsp3) is 0.769. The maximum atomic E-state index is 12.7. The van der Waals surface area contributed by atoms with E-state index >= 15 is 0 Å². The molecule has 0 aliphatic carbocycles. The molecule has 7 nitrogen and oxygen atoms in total. The Bertz CT molecular complexity index is 584. The zero-order valence-electron chi connectivity index (χ0n) is 12.7. The molecule has 2 atom stereocenters. The molecule has 2 heterocycles. The second-order valence-electron chi connectivity index (χ2n) is 5.38. The Hall–Kier alpha value is -0.960. The van der Waals surface area contributed by atoms with E-state index in [1.807, 2.05) is 11.5 Å². The molecule has 1 N–H and O–H groups in total. The molecular formula is C13H23N3O4S. The third-order valence-corrected chi connectivity index (χ3v) is 5.50. The van der Waals surface area contributed by atoms with E-state index in [1.54, 1.807) is 20.0 Å². The fourth-order valence-corrected chi connectivity index (χ4v) is 4.07. The first kappa shape index (κ1) is 16.4. The first-order valence-electron chi connectivity index (χ1n) is 7.18. The lowest BCUT2D eigenvalue weighted by Gasteiger charge is -2.35. The van der Waals surface area contributed by atoms with Crippen LogP contribution < -0.4 is 0 Å². The summed E-state index contributed by atoms with van der Waals surface area (Å²) in [6.45, 7) is 6.60. The van der Waals surface area contributed by atoms with Gasteiger partial charge in [0.15, 0.2) is 5.03 Å². The quantitative estimate of drug-likeness (QED) is 0.848. The second-order valence-corrected chi connectivity index (χ2v) is 7.22. The Labute approximate surface area is 125 Å². The van der Waals surface area contributed by atoms with Crippen LogP contribution in [0, 0.1) is 6.92 Å². The zero-order valence-corrected chi connectivity index (χ0v) is 13.5. The Morgan fingerprint density at radius 1 is 1.52 bits per heavy atom. The first-order chi connectivity index (χ1) is 9.90. The monoisotopic (exact) mass is 317 g/mol. The van der Waals surface area contributed by atoms with Crippen LogP contribution >= 0.6 is 0 Å². The van der Waals surface area contributed by atoms with Crippen LogP contribution in [-0.4, -0.2) is 59.3 Å². The highest BCUT2D eigenvalue weighted by Crippen LogP contribution is 2.22. The Kier molecular flexibility index (Phi) is 5.03. The summed E-state index contributed by atoms with van der Waals surface area (Å²) in [5.74, 6) is 0.690. The van der Waals surface area contributed by atoms with Crippen molar-refractivity contribution < 1.29 is 18.3 Å². The van der Waals surface area contributed by atoms with Crippen LogP contribution in [0.15, 0.2) is 11.2 Å². The highest BCUT2D eigenvalue weighted by atomic mass is 32.2. The number of nitrogens with zero attached hydrogens (tertiary/aromatic N) is 3. The van der Waals surface area contributed by atoms with Gasteiger partial charge in [-0.05, 0) is 20.3 Å². The van der Waals surface area contributed by atoms with Crippen LogP contribution in [0.4, 0.5) is 0 Å². The molecule has 0 aromatic carbocycles. The topological polar surface area (TPSA) is 84.7 Å². The van der Waals surface area contributed by atoms with Gasteiger partial charge in [0.25, 0.3) is 10.0 Å². The van der Waals surface area contributed by atoms with E-state index in [4.69, 9.17) is 4.74 Å². The molecule has 1 saturated heterocycles. The minimum Gasteiger partial charge on any atom is -0.394 e. The fourth-order valence-electron chi connectivity index (χ4n) is 2.43. The number of ether oxygens (including phenoxy) is 1. The summed E-state index contributed by atoms with van der Waals surface area (Å²) in [5, 5.41) is 9.25. The van der Waals surface area contributed by atoms with Gasteiger partial charge in [0.2, 0.25) is 0 Å². The molecule has 8 heteroatoms. The van der Waals surface area contributed by atoms with Gasteiger partial charge in [-0.2, -0.15) is 4.31 Å². The van der Waals surface area contributed by atoms with Gasteiger partial charge in [0, 0.05) is 25.3 Å². The SMILES string of the molecule is CCCn1cc(S(=O)(=O)N2CC(CO)OCC2C)nc1C. The number of imidazole rings is 1. The number of hydrogen-bond acceptors (Lipinski definition) is 5. The van der Waals surface area contributed by atoms with Crippen LogP contribution in [0.2, 0.25) is 0 Å². The standard InChI is InChI=1S/C13H23N3O4S/c1-4-5-15-7-13(14-11(15)3)21(18,19)16-6-12(8-17)20-9-10(16)2/h7,10,12,17H,4-6,8-9H2,1-3H3. The number of hydrogen-bond donors (Lipinski definition) is 1. The van der Waals surface area contributed by atoms with E-state index in [0.29, 0.717) is 5.82 Å². The predicted octanol–water partition coefficient (Wildman–Crippen LogP) is 0.372. The van der Waals surface area contributed by atoms with Crippen LogP contribution in [0.5, 0.6) is 0 Å². The summed E-state index contributed by atoms with van der Waals surface area (Å²) in [7, 11) is -3.66. The van der Waals surface area contributed by atoms with Gasteiger partial charge in [-0.1, -0.05) is 6.92 Å². The van der Waals surface area contributed by atoms with E-state index in [1.165, 1.54) is 4.31 Å². The molecule has 1 aliphatic heterocycles. The first-order valence-corrected chi connectivity index (χ1v) is 8.62. The van der Waals surface area contributed by atoms with Crippen molar-refractivity contribution in [2.75, 3.05) is 19.8 Å². The van der Waals surface area contributed by atoms with Crippen molar-refractivity contribution in [3.63, 3.8) is 0 Å². The van der Waals surface area contributed by atoms with Gasteiger partial charge in [0.1, 0.15) is 5.82 Å². The summed E-state index contributed by atoms with van der Waals surface area (Å²) < 4.78 is 34.1. The van der Waals surface area contributed by atoms with Gasteiger partial charge < -0.3 is 14.4 Å². The Morgan fingerprint density at radius 3 is 2.86 bits per heavy atom. The molecule has 0 amide bonds. The molecule has 1 aliphatic rings. The molecule has 21 heavy (non-hydrogen) atoms. The van der Waals surface area contributed by atoms with Crippen molar-refractivity contribution >= 4 is 10.0 Å². The maximum Gasteiger partial charge on any atom is 0.262 e.